The maximum absolute atomic E-state index is 12.8. The number of carbonyl (C=O) groups excluding carboxylic acids is 1. The molecule has 0 spiro atoms. The highest BCUT2D eigenvalue weighted by atomic mass is 19.1. The summed E-state index contributed by atoms with van der Waals surface area (Å²) in [5.74, 6) is -1.71. The Labute approximate surface area is 86.6 Å². The molecule has 0 fully saturated rings. The van der Waals surface area contributed by atoms with Gasteiger partial charge < -0.3 is 5.32 Å². The van der Waals surface area contributed by atoms with Crippen molar-refractivity contribution in [2.75, 3.05) is 0 Å². The zero-order valence-corrected chi connectivity index (χ0v) is 8.26. The lowest BCUT2D eigenvalue weighted by atomic mass is 10.1. The third-order valence-corrected chi connectivity index (χ3v) is 1.93. The van der Waals surface area contributed by atoms with Crippen LogP contribution in [0.3, 0.4) is 0 Å². The smallest absolute Gasteiger partial charge is 0.243 e. The summed E-state index contributed by atoms with van der Waals surface area (Å²) in [4.78, 5) is 10.9. The molecule has 0 heterocycles. The number of amides is 1. The van der Waals surface area contributed by atoms with Crippen LogP contribution < -0.4 is 5.32 Å². The molecule has 0 saturated carbocycles. The monoisotopic (exact) mass is 211 g/mol. The number of halogens is 2. The molecule has 1 atom stereocenters. The van der Waals surface area contributed by atoms with Crippen LogP contribution in [0.15, 0.2) is 30.9 Å². The molecule has 0 bridgehead atoms. The number of hydrogen-bond acceptors (Lipinski definition) is 1. The molecular formula is C11H11F2NO. The van der Waals surface area contributed by atoms with Gasteiger partial charge >= 0.3 is 0 Å². The van der Waals surface area contributed by atoms with Gasteiger partial charge in [-0.05, 0) is 30.7 Å². The summed E-state index contributed by atoms with van der Waals surface area (Å²) in [6, 6.07) is 2.68. The van der Waals surface area contributed by atoms with Gasteiger partial charge in [-0.2, -0.15) is 0 Å². The van der Waals surface area contributed by atoms with E-state index < -0.39 is 17.7 Å². The van der Waals surface area contributed by atoms with Crippen molar-refractivity contribution in [3.8, 4) is 0 Å². The van der Waals surface area contributed by atoms with Crippen LogP contribution in [0.5, 0.6) is 0 Å². The Hall–Kier alpha value is -1.71. The van der Waals surface area contributed by atoms with Crippen LogP contribution in [-0.2, 0) is 4.79 Å². The predicted molar refractivity (Wildman–Crippen MR) is 53.1 cm³/mol. The summed E-state index contributed by atoms with van der Waals surface area (Å²) < 4.78 is 25.7. The highest BCUT2D eigenvalue weighted by molar-refractivity contribution is 5.87. The molecule has 4 heteroatoms. The van der Waals surface area contributed by atoms with Gasteiger partial charge in [0.2, 0.25) is 5.91 Å². The highest BCUT2D eigenvalue weighted by Crippen LogP contribution is 2.15. The third kappa shape index (κ3) is 3.16. The molecule has 1 aromatic rings. The molecule has 2 nitrogen and oxygen atoms in total. The van der Waals surface area contributed by atoms with Crippen LogP contribution in [0.2, 0.25) is 0 Å². The molecule has 1 N–H and O–H groups in total. The molecule has 0 aliphatic carbocycles. The zero-order chi connectivity index (χ0) is 11.4. The summed E-state index contributed by atoms with van der Waals surface area (Å²) >= 11 is 0. The van der Waals surface area contributed by atoms with E-state index in [0.717, 1.165) is 12.1 Å². The lowest BCUT2D eigenvalue weighted by molar-refractivity contribution is -0.117. The Kier molecular flexibility index (Phi) is 3.55. The molecule has 0 aliphatic rings. The van der Waals surface area contributed by atoms with Crippen molar-refractivity contribution in [3.05, 3.63) is 48.1 Å². The Morgan fingerprint density at radius 3 is 2.40 bits per heavy atom. The topological polar surface area (TPSA) is 29.1 Å². The number of rotatable bonds is 3. The summed E-state index contributed by atoms with van der Waals surface area (Å²) in [6.45, 7) is 4.92. The molecule has 0 saturated heterocycles. The second-order valence-electron chi connectivity index (χ2n) is 3.14. The maximum Gasteiger partial charge on any atom is 0.243 e. The first-order chi connectivity index (χ1) is 7.02. The van der Waals surface area contributed by atoms with Gasteiger partial charge in [-0.1, -0.05) is 6.58 Å². The van der Waals surface area contributed by atoms with E-state index in [-0.39, 0.29) is 5.91 Å². The van der Waals surface area contributed by atoms with Crippen molar-refractivity contribution in [1.82, 2.24) is 5.32 Å². The van der Waals surface area contributed by atoms with Crippen molar-refractivity contribution in [2.45, 2.75) is 13.0 Å². The average molecular weight is 211 g/mol. The van der Waals surface area contributed by atoms with E-state index in [9.17, 15) is 13.6 Å². The second-order valence-corrected chi connectivity index (χ2v) is 3.14. The van der Waals surface area contributed by atoms with Gasteiger partial charge in [0.1, 0.15) is 11.6 Å². The van der Waals surface area contributed by atoms with E-state index in [1.165, 1.54) is 12.1 Å². The lowest BCUT2D eigenvalue weighted by Crippen LogP contribution is -2.24. The standard InChI is InChI=1S/C11H11F2NO/c1-3-11(15)14-7(2)8-4-9(12)6-10(13)5-8/h3-7H,1H2,2H3,(H,14,15)/t7-/m1/s1. The van der Waals surface area contributed by atoms with Crippen LogP contribution in [0, 0.1) is 11.6 Å². The lowest BCUT2D eigenvalue weighted by Gasteiger charge is -2.12. The largest absolute Gasteiger partial charge is 0.346 e. The molecule has 1 aromatic carbocycles. The zero-order valence-electron chi connectivity index (χ0n) is 8.26. The van der Waals surface area contributed by atoms with Crippen LogP contribution >= 0.6 is 0 Å². The summed E-state index contributed by atoms with van der Waals surface area (Å²) in [7, 11) is 0. The fourth-order valence-electron chi connectivity index (χ4n) is 1.18. The molecule has 1 rings (SSSR count). The van der Waals surface area contributed by atoms with Gasteiger partial charge in [0.15, 0.2) is 0 Å². The van der Waals surface area contributed by atoms with Gasteiger partial charge in [-0.25, -0.2) is 8.78 Å². The van der Waals surface area contributed by atoms with Gasteiger partial charge in [0, 0.05) is 6.07 Å². The normalized spacial score (nSPS) is 11.9. The van der Waals surface area contributed by atoms with E-state index in [0.29, 0.717) is 5.56 Å². The first kappa shape index (κ1) is 11.4. The van der Waals surface area contributed by atoms with E-state index in [1.54, 1.807) is 6.92 Å². The minimum absolute atomic E-state index is 0.378. The minimum Gasteiger partial charge on any atom is -0.346 e. The summed E-state index contributed by atoms with van der Waals surface area (Å²) in [5, 5.41) is 2.51. The van der Waals surface area contributed by atoms with Crippen LogP contribution in [0.25, 0.3) is 0 Å². The molecule has 80 valence electrons. The minimum atomic E-state index is -0.662. The van der Waals surface area contributed by atoms with E-state index in [1.807, 2.05) is 0 Å². The Morgan fingerprint density at radius 1 is 1.40 bits per heavy atom. The highest BCUT2D eigenvalue weighted by Gasteiger charge is 2.09. The number of hydrogen-bond donors (Lipinski definition) is 1. The summed E-state index contributed by atoms with van der Waals surface area (Å²) in [5.41, 5.74) is 0.378. The fraction of sp³-hybridized carbons (Fsp3) is 0.182. The predicted octanol–water partition coefficient (Wildman–Crippen LogP) is 2.33. The molecule has 0 aromatic heterocycles. The SMILES string of the molecule is C=CC(=O)N[C@H](C)c1cc(F)cc(F)c1. The number of carbonyl (C=O) groups is 1. The first-order valence-electron chi connectivity index (χ1n) is 4.42. The molecular weight excluding hydrogens is 200 g/mol. The van der Waals surface area contributed by atoms with E-state index in [4.69, 9.17) is 0 Å². The first-order valence-corrected chi connectivity index (χ1v) is 4.42. The van der Waals surface area contributed by atoms with E-state index in [2.05, 4.69) is 11.9 Å². The van der Waals surface area contributed by atoms with Crippen molar-refractivity contribution >= 4 is 5.91 Å². The van der Waals surface area contributed by atoms with Gasteiger partial charge in [-0.3, -0.25) is 4.79 Å². The molecule has 1 amide bonds. The number of benzene rings is 1. The summed E-state index contributed by atoms with van der Waals surface area (Å²) in [6.07, 6.45) is 1.10. The number of nitrogens with one attached hydrogen (secondary N) is 1. The Bertz CT molecular complexity index is 370. The van der Waals surface area contributed by atoms with Crippen LogP contribution in [-0.4, -0.2) is 5.91 Å². The van der Waals surface area contributed by atoms with Crippen molar-refractivity contribution < 1.29 is 13.6 Å². The molecule has 0 aliphatic heterocycles. The maximum atomic E-state index is 12.8. The Morgan fingerprint density at radius 2 is 1.93 bits per heavy atom. The Balaban J connectivity index is 2.85. The quantitative estimate of drug-likeness (QED) is 0.764. The molecule has 0 unspecified atom stereocenters. The fourth-order valence-corrected chi connectivity index (χ4v) is 1.18. The third-order valence-electron chi connectivity index (χ3n) is 1.93. The van der Waals surface area contributed by atoms with Crippen LogP contribution in [0.1, 0.15) is 18.5 Å². The van der Waals surface area contributed by atoms with Crippen molar-refractivity contribution in [1.29, 1.82) is 0 Å². The van der Waals surface area contributed by atoms with Crippen LogP contribution in [0.4, 0.5) is 8.78 Å². The van der Waals surface area contributed by atoms with Crippen molar-refractivity contribution in [3.63, 3.8) is 0 Å². The van der Waals surface area contributed by atoms with E-state index >= 15 is 0 Å². The molecule has 15 heavy (non-hydrogen) atoms. The van der Waals surface area contributed by atoms with Gasteiger partial charge in [0.05, 0.1) is 6.04 Å². The second kappa shape index (κ2) is 4.68. The average Bonchev–Trinajstić information content (AvgIpc) is 2.16. The molecule has 0 radical (unpaired) electrons. The van der Waals surface area contributed by atoms with Crippen molar-refractivity contribution in [2.24, 2.45) is 0 Å². The van der Waals surface area contributed by atoms with Gasteiger partial charge in [-0.15, -0.1) is 0 Å². The van der Waals surface area contributed by atoms with Gasteiger partial charge in [0.25, 0.3) is 0 Å².